The fourth-order valence-corrected chi connectivity index (χ4v) is 4.16. The fourth-order valence-electron chi connectivity index (χ4n) is 3.15. The maximum atomic E-state index is 13.0. The lowest BCUT2D eigenvalue weighted by Gasteiger charge is -2.31. The van der Waals surface area contributed by atoms with Gasteiger partial charge in [-0.3, -0.25) is 4.79 Å². The van der Waals surface area contributed by atoms with E-state index in [0.29, 0.717) is 11.1 Å². The molecule has 0 saturated carbocycles. The van der Waals surface area contributed by atoms with Crippen LogP contribution < -0.4 is 4.90 Å². The maximum absolute atomic E-state index is 13.0. The van der Waals surface area contributed by atoms with E-state index in [0.717, 1.165) is 35.1 Å². The van der Waals surface area contributed by atoms with Crippen molar-refractivity contribution in [3.8, 4) is 11.5 Å². The van der Waals surface area contributed by atoms with E-state index in [1.807, 2.05) is 54.3 Å². The molecule has 2 heterocycles. The Morgan fingerprint density at radius 2 is 1.96 bits per heavy atom. The molecule has 3 aromatic rings. The van der Waals surface area contributed by atoms with E-state index in [9.17, 15) is 4.79 Å². The van der Waals surface area contributed by atoms with Crippen molar-refractivity contribution in [3.63, 3.8) is 0 Å². The van der Waals surface area contributed by atoms with Crippen LogP contribution in [0.25, 0.3) is 11.5 Å². The molecular weight excluding hydrogens is 426 g/mol. The highest BCUT2D eigenvalue weighted by atomic mass is 79.9. The minimum atomic E-state index is -0.311. The molecule has 27 heavy (non-hydrogen) atoms. The first kappa shape index (κ1) is 18.3. The maximum Gasteiger partial charge on any atom is 0.277 e. The van der Waals surface area contributed by atoms with Gasteiger partial charge in [0.2, 0.25) is 11.8 Å². The third-order valence-corrected chi connectivity index (χ3v) is 5.95. The van der Waals surface area contributed by atoms with Crippen LogP contribution in [0.3, 0.4) is 0 Å². The zero-order valence-corrected chi connectivity index (χ0v) is 17.2. The lowest BCUT2D eigenvalue weighted by molar-refractivity contribution is -0.117. The van der Waals surface area contributed by atoms with Crippen molar-refractivity contribution in [3.05, 3.63) is 58.6 Å². The summed E-state index contributed by atoms with van der Waals surface area (Å²) in [5.41, 5.74) is 3.09. The summed E-state index contributed by atoms with van der Waals surface area (Å²) in [6.07, 6.45) is 2.00. The van der Waals surface area contributed by atoms with E-state index in [1.54, 1.807) is 0 Å². The van der Waals surface area contributed by atoms with E-state index < -0.39 is 0 Å². The summed E-state index contributed by atoms with van der Waals surface area (Å²) < 4.78 is 6.73. The van der Waals surface area contributed by atoms with Crippen LogP contribution in [0.15, 0.2) is 62.6 Å². The third-order valence-electron chi connectivity index (χ3n) is 4.50. The zero-order chi connectivity index (χ0) is 18.8. The first-order valence-electron chi connectivity index (χ1n) is 8.77. The molecule has 1 unspecified atom stereocenters. The Labute approximate surface area is 170 Å². The van der Waals surface area contributed by atoms with Gasteiger partial charge in [-0.1, -0.05) is 45.9 Å². The number of hydrogen-bond donors (Lipinski definition) is 0. The van der Waals surface area contributed by atoms with Gasteiger partial charge in [0.25, 0.3) is 5.22 Å². The highest BCUT2D eigenvalue weighted by molar-refractivity contribution is 9.10. The minimum Gasteiger partial charge on any atom is -0.411 e. The molecule has 0 N–H and O–H groups in total. The van der Waals surface area contributed by atoms with Crippen molar-refractivity contribution in [2.24, 2.45) is 0 Å². The van der Waals surface area contributed by atoms with Gasteiger partial charge < -0.3 is 9.32 Å². The SMILES string of the molecule is CC(Sc1nnc(-c2ccc(Br)cc2)o1)C(=O)N1CCCc2ccccc21. The summed E-state index contributed by atoms with van der Waals surface area (Å²) in [7, 11) is 0. The Morgan fingerprint density at radius 3 is 2.78 bits per heavy atom. The van der Waals surface area contributed by atoms with Crippen LogP contribution in [0.4, 0.5) is 5.69 Å². The van der Waals surface area contributed by atoms with Gasteiger partial charge in [-0.25, -0.2) is 0 Å². The number of carbonyl (C=O) groups is 1. The van der Waals surface area contributed by atoms with Gasteiger partial charge in [0.1, 0.15) is 0 Å². The fraction of sp³-hybridized carbons (Fsp3) is 0.250. The molecule has 2 aromatic carbocycles. The molecule has 1 aliphatic heterocycles. The quantitative estimate of drug-likeness (QED) is 0.533. The van der Waals surface area contributed by atoms with Gasteiger partial charge in [-0.05, 0) is 55.7 Å². The second-order valence-electron chi connectivity index (χ2n) is 6.36. The Morgan fingerprint density at radius 1 is 1.19 bits per heavy atom. The van der Waals surface area contributed by atoms with Crippen molar-refractivity contribution in [1.29, 1.82) is 0 Å². The average molecular weight is 444 g/mol. The topological polar surface area (TPSA) is 59.2 Å². The third kappa shape index (κ3) is 3.94. The molecule has 1 aromatic heterocycles. The molecular formula is C20H18BrN3O2S. The van der Waals surface area contributed by atoms with E-state index in [2.05, 4.69) is 32.2 Å². The Kier molecular flexibility index (Phi) is 5.31. The van der Waals surface area contributed by atoms with E-state index >= 15 is 0 Å². The summed E-state index contributed by atoms with van der Waals surface area (Å²) in [5.74, 6) is 0.517. The minimum absolute atomic E-state index is 0.0653. The highest BCUT2D eigenvalue weighted by Gasteiger charge is 2.28. The lowest BCUT2D eigenvalue weighted by atomic mass is 10.0. The second-order valence-corrected chi connectivity index (χ2v) is 8.57. The molecule has 0 radical (unpaired) electrons. The second kappa shape index (κ2) is 7.86. The summed E-state index contributed by atoms with van der Waals surface area (Å²) in [6, 6.07) is 15.8. The summed E-state index contributed by atoms with van der Waals surface area (Å²) in [6.45, 7) is 2.63. The van der Waals surface area contributed by atoms with Gasteiger partial charge in [0.15, 0.2) is 0 Å². The molecule has 1 aliphatic rings. The predicted octanol–water partition coefficient (Wildman–Crippen LogP) is 4.96. The molecule has 7 heteroatoms. The number of hydrogen-bond acceptors (Lipinski definition) is 5. The number of benzene rings is 2. The summed E-state index contributed by atoms with van der Waals surface area (Å²) in [4.78, 5) is 14.9. The first-order valence-corrected chi connectivity index (χ1v) is 10.4. The number of anilines is 1. The Bertz CT molecular complexity index is 958. The Balaban J connectivity index is 1.47. The van der Waals surface area contributed by atoms with Crippen molar-refractivity contribution in [2.45, 2.75) is 30.2 Å². The number of halogens is 1. The van der Waals surface area contributed by atoms with Crippen LogP contribution in [-0.2, 0) is 11.2 Å². The number of carbonyl (C=O) groups excluding carboxylic acids is 1. The van der Waals surface area contributed by atoms with Crippen LogP contribution in [0.5, 0.6) is 0 Å². The molecule has 0 spiro atoms. The number of fused-ring (bicyclic) bond motifs is 1. The van der Waals surface area contributed by atoms with Gasteiger partial charge in [0, 0.05) is 22.3 Å². The van der Waals surface area contributed by atoms with E-state index in [1.165, 1.54) is 17.3 Å². The molecule has 5 nitrogen and oxygen atoms in total. The van der Waals surface area contributed by atoms with Crippen molar-refractivity contribution in [1.82, 2.24) is 10.2 Å². The van der Waals surface area contributed by atoms with Crippen LogP contribution in [0.1, 0.15) is 18.9 Å². The van der Waals surface area contributed by atoms with Gasteiger partial charge in [-0.2, -0.15) is 0 Å². The largest absolute Gasteiger partial charge is 0.411 e. The number of rotatable bonds is 4. The zero-order valence-electron chi connectivity index (χ0n) is 14.8. The molecule has 0 bridgehead atoms. The molecule has 1 atom stereocenters. The van der Waals surface area contributed by atoms with Crippen molar-refractivity contribution < 1.29 is 9.21 Å². The number of amides is 1. The van der Waals surface area contributed by atoms with Crippen LogP contribution >= 0.6 is 27.7 Å². The van der Waals surface area contributed by atoms with E-state index in [4.69, 9.17) is 4.42 Å². The lowest BCUT2D eigenvalue weighted by Crippen LogP contribution is -2.40. The number of aromatic nitrogens is 2. The molecule has 0 saturated heterocycles. The Hall–Kier alpha value is -2.12. The molecule has 0 aliphatic carbocycles. The number of para-hydroxylation sites is 1. The summed E-state index contributed by atoms with van der Waals surface area (Å²) in [5, 5.41) is 8.28. The number of aryl methyl sites for hydroxylation is 1. The first-order chi connectivity index (χ1) is 13.1. The van der Waals surface area contributed by atoms with Gasteiger partial charge in [0.05, 0.1) is 5.25 Å². The molecule has 138 valence electrons. The monoisotopic (exact) mass is 443 g/mol. The van der Waals surface area contributed by atoms with Crippen LogP contribution in [0.2, 0.25) is 0 Å². The van der Waals surface area contributed by atoms with Crippen molar-refractivity contribution >= 4 is 39.3 Å². The standard InChI is InChI=1S/C20H18BrN3O2S/c1-13(19(25)24-12-4-6-14-5-2-3-7-17(14)24)27-20-23-22-18(26-20)15-8-10-16(21)11-9-15/h2-3,5,7-11,13H,4,6,12H2,1H3. The summed E-state index contributed by atoms with van der Waals surface area (Å²) >= 11 is 4.71. The predicted molar refractivity (Wildman–Crippen MR) is 110 cm³/mol. The van der Waals surface area contributed by atoms with Crippen LogP contribution in [-0.4, -0.2) is 27.9 Å². The normalized spacial score (nSPS) is 14.7. The number of thioether (sulfide) groups is 1. The van der Waals surface area contributed by atoms with E-state index in [-0.39, 0.29) is 11.2 Å². The number of nitrogens with zero attached hydrogens (tertiary/aromatic N) is 3. The average Bonchev–Trinajstić information content (AvgIpc) is 3.16. The molecule has 0 fully saturated rings. The molecule has 1 amide bonds. The van der Waals surface area contributed by atoms with Gasteiger partial charge in [-0.15, -0.1) is 10.2 Å². The van der Waals surface area contributed by atoms with Crippen LogP contribution in [0, 0.1) is 0 Å². The molecule has 4 rings (SSSR count). The van der Waals surface area contributed by atoms with Crippen molar-refractivity contribution in [2.75, 3.05) is 11.4 Å². The van der Waals surface area contributed by atoms with Gasteiger partial charge >= 0.3 is 0 Å². The highest BCUT2D eigenvalue weighted by Crippen LogP contribution is 2.31. The smallest absolute Gasteiger partial charge is 0.277 e.